The summed E-state index contributed by atoms with van der Waals surface area (Å²) in [7, 11) is 0. The summed E-state index contributed by atoms with van der Waals surface area (Å²) < 4.78 is 75.8. The molecule has 3 unspecified atom stereocenters. The highest BCUT2D eigenvalue weighted by molar-refractivity contribution is 6.51. The second-order valence-corrected chi connectivity index (χ2v) is 5.91. The Balaban J connectivity index is 5.33. The molecule has 0 N–H and O–H groups in total. The molecule has 0 aromatic carbocycles. The van der Waals surface area contributed by atoms with Crippen molar-refractivity contribution in [1.29, 1.82) is 0 Å². The van der Waals surface area contributed by atoms with E-state index in [2.05, 4.69) is 74.3 Å². The van der Waals surface area contributed by atoms with Gasteiger partial charge in [0.05, 0.1) is 0 Å². The van der Waals surface area contributed by atoms with Gasteiger partial charge in [0.15, 0.2) is 0 Å². The molecule has 0 aliphatic heterocycles. The third kappa shape index (κ3) is 3.90. The van der Waals surface area contributed by atoms with Crippen molar-refractivity contribution >= 4 is 69.6 Å². The largest absolute Gasteiger partial charge is 0.376 e. The van der Waals surface area contributed by atoms with E-state index in [0.29, 0.717) is 0 Å². The Kier molecular flexibility index (Phi) is 5.61. The van der Waals surface area contributed by atoms with Crippen LogP contribution >= 0.6 is 69.6 Å². The molecule has 110 valence electrons. The molecule has 13 heteroatoms. The fraction of sp³-hybridized carbons (Fsp3) is 1.00. The van der Waals surface area contributed by atoms with Crippen LogP contribution in [0.15, 0.2) is 0 Å². The van der Waals surface area contributed by atoms with Gasteiger partial charge in [-0.2, -0.15) is 22.0 Å². The molecule has 3 atom stereocenters. The highest BCUT2D eigenvalue weighted by Gasteiger charge is 2.72. The van der Waals surface area contributed by atoms with Crippen molar-refractivity contribution in [1.82, 2.24) is 0 Å². The van der Waals surface area contributed by atoms with Gasteiger partial charge in [0.2, 0.25) is 0 Å². The second-order valence-electron chi connectivity index (χ2n) is 2.71. The second kappa shape index (κ2) is 5.24. The van der Waals surface area contributed by atoms with E-state index < -0.39 is 25.7 Å². The van der Waals surface area contributed by atoms with Crippen molar-refractivity contribution in [3.8, 4) is 0 Å². The first kappa shape index (κ1) is 19.3. The lowest BCUT2D eigenvalue weighted by molar-refractivity contribution is -0.265. The Morgan fingerprint density at radius 3 is 1.17 bits per heavy atom. The van der Waals surface area contributed by atoms with Crippen molar-refractivity contribution < 1.29 is 31.1 Å². The SMILES string of the molecule is FC(F)(Cl)C(F)(Cl)C(F)(Cl)OC(F)(Cl)C(F)(Cl)Cl. The maximum absolute atomic E-state index is 13.3. The molecule has 0 aromatic heterocycles. The molecule has 18 heavy (non-hydrogen) atoms. The first-order valence-corrected chi connectivity index (χ1v) is 5.69. The summed E-state index contributed by atoms with van der Waals surface area (Å²) in [6.07, 6.45) is 0. The van der Waals surface area contributed by atoms with Crippen LogP contribution in [-0.2, 0) is 4.74 Å². The summed E-state index contributed by atoms with van der Waals surface area (Å²) in [6, 6.07) is 0. The van der Waals surface area contributed by atoms with Crippen LogP contribution in [0.25, 0.3) is 0 Å². The topological polar surface area (TPSA) is 9.23 Å². The maximum Gasteiger partial charge on any atom is 0.376 e. The van der Waals surface area contributed by atoms with Gasteiger partial charge in [-0.1, -0.05) is 34.8 Å². The van der Waals surface area contributed by atoms with Crippen LogP contribution in [0.3, 0.4) is 0 Å². The smallest absolute Gasteiger partial charge is 0.274 e. The monoisotopic (exact) mass is 400 g/mol. The average molecular weight is 403 g/mol. The van der Waals surface area contributed by atoms with Gasteiger partial charge in [-0.3, -0.25) is 4.74 Å². The zero-order chi connectivity index (χ0) is 15.2. The molecule has 0 fully saturated rings. The molecule has 0 rings (SSSR count). The molecule has 0 saturated carbocycles. The summed E-state index contributed by atoms with van der Waals surface area (Å²) in [5.74, 6) is 0. The average Bonchev–Trinajstić information content (AvgIpc) is 1.96. The molecule has 0 amide bonds. The van der Waals surface area contributed by atoms with Gasteiger partial charge in [0, 0.05) is 0 Å². The van der Waals surface area contributed by atoms with Crippen molar-refractivity contribution in [2.75, 3.05) is 0 Å². The lowest BCUT2D eigenvalue weighted by Gasteiger charge is -2.35. The van der Waals surface area contributed by atoms with Crippen molar-refractivity contribution in [2.24, 2.45) is 0 Å². The Hall–Kier alpha value is 1.28. The maximum atomic E-state index is 13.3. The van der Waals surface area contributed by atoms with Crippen LogP contribution in [-0.4, -0.2) is 25.7 Å². The van der Waals surface area contributed by atoms with Crippen LogP contribution in [0.4, 0.5) is 26.3 Å². The van der Waals surface area contributed by atoms with Gasteiger partial charge in [0.1, 0.15) is 0 Å². The molecule has 0 aliphatic rings. The summed E-state index contributed by atoms with van der Waals surface area (Å²) in [4.78, 5) is 0. The highest BCUT2D eigenvalue weighted by atomic mass is 35.5. The highest BCUT2D eigenvalue weighted by Crippen LogP contribution is 2.55. The normalized spacial score (nSPS) is 24.0. The number of rotatable bonds is 5. The fourth-order valence-electron chi connectivity index (χ4n) is 0.448. The van der Waals surface area contributed by atoms with Gasteiger partial charge in [-0.05, 0) is 34.8 Å². The van der Waals surface area contributed by atoms with E-state index in [1.54, 1.807) is 0 Å². The minimum atomic E-state index is -5.17. The van der Waals surface area contributed by atoms with Crippen LogP contribution in [0.5, 0.6) is 0 Å². The number of halogens is 12. The molecule has 0 heterocycles. The first-order chi connectivity index (χ1) is 7.46. The molecule has 0 aliphatic carbocycles. The number of hydrogen-bond acceptors (Lipinski definition) is 1. The zero-order valence-electron chi connectivity index (χ0n) is 7.44. The lowest BCUT2D eigenvalue weighted by Crippen LogP contribution is -2.55. The van der Waals surface area contributed by atoms with Gasteiger partial charge in [-0.15, -0.1) is 0 Å². The summed E-state index contributed by atoms with van der Waals surface area (Å²) >= 11 is 26.3. The van der Waals surface area contributed by atoms with Gasteiger partial charge in [0.25, 0.3) is 0 Å². The third-order valence-corrected chi connectivity index (χ3v) is 3.60. The number of alkyl halides is 12. The Morgan fingerprint density at radius 1 is 0.611 bits per heavy atom. The summed E-state index contributed by atoms with van der Waals surface area (Å²) in [5, 5.41) is -19.6. The minimum Gasteiger partial charge on any atom is -0.274 e. The predicted molar refractivity (Wildman–Crippen MR) is 56.5 cm³/mol. The molecule has 1 nitrogen and oxygen atoms in total. The van der Waals surface area contributed by atoms with Crippen LogP contribution in [0.2, 0.25) is 0 Å². The quantitative estimate of drug-likeness (QED) is 0.432. The van der Waals surface area contributed by atoms with E-state index in [1.165, 1.54) is 0 Å². The van der Waals surface area contributed by atoms with Gasteiger partial charge < -0.3 is 0 Å². The van der Waals surface area contributed by atoms with E-state index in [-0.39, 0.29) is 0 Å². The van der Waals surface area contributed by atoms with E-state index in [9.17, 15) is 26.3 Å². The Morgan fingerprint density at radius 2 is 0.944 bits per heavy atom. The first-order valence-electron chi connectivity index (χ1n) is 3.43. The van der Waals surface area contributed by atoms with E-state index >= 15 is 0 Å². The Labute approximate surface area is 126 Å². The summed E-state index contributed by atoms with van der Waals surface area (Å²) in [5.41, 5.74) is 0. The molecule has 0 bridgehead atoms. The zero-order valence-corrected chi connectivity index (χ0v) is 12.0. The van der Waals surface area contributed by atoms with Crippen molar-refractivity contribution in [3.63, 3.8) is 0 Å². The molecular formula is C5Cl6F6O. The van der Waals surface area contributed by atoms with Gasteiger partial charge in [-0.25, -0.2) is 4.39 Å². The van der Waals surface area contributed by atoms with E-state index in [4.69, 9.17) is 0 Å². The van der Waals surface area contributed by atoms with Crippen LogP contribution in [0.1, 0.15) is 0 Å². The van der Waals surface area contributed by atoms with Crippen molar-refractivity contribution in [3.05, 3.63) is 0 Å². The molecule has 0 spiro atoms. The summed E-state index contributed by atoms with van der Waals surface area (Å²) in [6.45, 7) is 0. The number of ether oxygens (including phenoxy) is 1. The minimum absolute atomic E-state index is 3.07. The van der Waals surface area contributed by atoms with Crippen LogP contribution in [0, 0.1) is 0 Å². The number of hydrogen-bond donors (Lipinski definition) is 0. The Bertz CT molecular complexity index is 309. The molecular weight excluding hydrogens is 403 g/mol. The molecule has 0 radical (unpaired) electrons. The van der Waals surface area contributed by atoms with Crippen LogP contribution < -0.4 is 0 Å². The van der Waals surface area contributed by atoms with Gasteiger partial charge >= 0.3 is 25.7 Å². The third-order valence-electron chi connectivity index (χ3n) is 1.31. The molecule has 0 aromatic rings. The molecule has 0 saturated heterocycles. The predicted octanol–water partition coefficient (Wildman–Crippen LogP) is 5.56. The lowest BCUT2D eigenvalue weighted by atomic mass is 10.4. The fourth-order valence-corrected chi connectivity index (χ4v) is 1.10. The standard InChI is InChI=1S/C5Cl6F6O/c6-1(12,3(9,14)15)4(10,16)18-5(11,17)2(7,8)13. The van der Waals surface area contributed by atoms with E-state index in [1.807, 2.05) is 0 Å². The van der Waals surface area contributed by atoms with Crippen molar-refractivity contribution in [2.45, 2.75) is 25.7 Å². The van der Waals surface area contributed by atoms with E-state index in [0.717, 1.165) is 0 Å².